The van der Waals surface area contributed by atoms with Gasteiger partial charge in [0.2, 0.25) is 5.95 Å². The molecule has 14 heavy (non-hydrogen) atoms. The van der Waals surface area contributed by atoms with Gasteiger partial charge in [0.25, 0.3) is 0 Å². The van der Waals surface area contributed by atoms with E-state index in [0.717, 1.165) is 18.9 Å². The van der Waals surface area contributed by atoms with Crippen LogP contribution < -0.4 is 4.90 Å². The van der Waals surface area contributed by atoms with Gasteiger partial charge in [0.1, 0.15) is 5.82 Å². The van der Waals surface area contributed by atoms with Crippen LogP contribution in [-0.2, 0) is 0 Å². The van der Waals surface area contributed by atoms with Crippen molar-refractivity contribution in [1.82, 2.24) is 4.98 Å². The highest BCUT2D eigenvalue weighted by molar-refractivity contribution is 5.42. The molecule has 1 aromatic heterocycles. The van der Waals surface area contributed by atoms with Crippen LogP contribution >= 0.6 is 0 Å². The number of anilines is 1. The van der Waals surface area contributed by atoms with Crippen molar-refractivity contribution in [2.24, 2.45) is 5.41 Å². The zero-order valence-electron chi connectivity index (χ0n) is 8.63. The molecule has 1 aliphatic heterocycles. The molecule has 1 fully saturated rings. The maximum Gasteiger partial charge on any atom is 0.214 e. The standard InChI is InChI=1S/C11H15FN2/c1-3-11(2)7-14(8-11)10-6-4-5-9(12)13-10/h4-6H,3,7-8H2,1-2H3. The highest BCUT2D eigenvalue weighted by atomic mass is 19.1. The number of rotatable bonds is 2. The van der Waals surface area contributed by atoms with Crippen LogP contribution in [0.4, 0.5) is 10.2 Å². The molecule has 1 aliphatic rings. The summed E-state index contributed by atoms with van der Waals surface area (Å²) in [5.74, 6) is 0.364. The average molecular weight is 194 g/mol. The van der Waals surface area contributed by atoms with E-state index in [1.165, 1.54) is 12.5 Å². The van der Waals surface area contributed by atoms with E-state index in [-0.39, 0.29) is 0 Å². The van der Waals surface area contributed by atoms with Crippen LogP contribution in [0.3, 0.4) is 0 Å². The Labute approximate surface area is 83.8 Å². The number of pyridine rings is 1. The normalized spacial score (nSPS) is 19.2. The van der Waals surface area contributed by atoms with Crippen LogP contribution in [0.5, 0.6) is 0 Å². The number of halogens is 1. The van der Waals surface area contributed by atoms with Crippen molar-refractivity contribution in [2.75, 3.05) is 18.0 Å². The molecule has 2 rings (SSSR count). The maximum atomic E-state index is 12.8. The molecule has 3 heteroatoms. The summed E-state index contributed by atoms with van der Waals surface area (Å²) in [4.78, 5) is 5.97. The van der Waals surface area contributed by atoms with Crippen molar-refractivity contribution in [3.63, 3.8) is 0 Å². The Kier molecular flexibility index (Phi) is 2.17. The molecule has 0 aliphatic carbocycles. The minimum absolute atomic E-state index is 0.396. The molecule has 1 aromatic rings. The molecule has 0 saturated carbocycles. The molecule has 0 bridgehead atoms. The molecule has 76 valence electrons. The molecule has 0 radical (unpaired) electrons. The molecular weight excluding hydrogens is 179 g/mol. The Bertz CT molecular complexity index is 332. The fraction of sp³-hybridized carbons (Fsp3) is 0.545. The second-order valence-electron chi connectivity index (χ2n) is 4.34. The van der Waals surface area contributed by atoms with E-state index in [0.29, 0.717) is 5.41 Å². The SMILES string of the molecule is CCC1(C)CN(c2cccc(F)n2)C1. The van der Waals surface area contributed by atoms with Crippen LogP contribution in [0, 0.1) is 11.4 Å². The monoisotopic (exact) mass is 194 g/mol. The van der Waals surface area contributed by atoms with E-state index >= 15 is 0 Å². The van der Waals surface area contributed by atoms with Gasteiger partial charge >= 0.3 is 0 Å². The smallest absolute Gasteiger partial charge is 0.214 e. The topological polar surface area (TPSA) is 16.1 Å². The third-order valence-electron chi connectivity index (χ3n) is 3.02. The zero-order valence-corrected chi connectivity index (χ0v) is 8.63. The number of hydrogen-bond donors (Lipinski definition) is 0. The third kappa shape index (κ3) is 1.59. The van der Waals surface area contributed by atoms with Gasteiger partial charge in [-0.3, -0.25) is 0 Å². The van der Waals surface area contributed by atoms with Gasteiger partial charge in [-0.15, -0.1) is 0 Å². The predicted octanol–water partition coefficient (Wildman–Crippen LogP) is 2.46. The van der Waals surface area contributed by atoms with Crippen LogP contribution in [0.25, 0.3) is 0 Å². The van der Waals surface area contributed by atoms with Gasteiger partial charge in [-0.05, 0) is 18.6 Å². The first kappa shape index (κ1) is 9.44. The molecule has 0 aromatic carbocycles. The summed E-state index contributed by atoms with van der Waals surface area (Å²) < 4.78 is 12.8. The lowest BCUT2D eigenvalue weighted by molar-refractivity contribution is 0.232. The summed E-state index contributed by atoms with van der Waals surface area (Å²) in [6.07, 6.45) is 1.17. The van der Waals surface area contributed by atoms with Crippen molar-refractivity contribution in [1.29, 1.82) is 0 Å². The number of aromatic nitrogens is 1. The van der Waals surface area contributed by atoms with Gasteiger partial charge in [-0.25, -0.2) is 4.98 Å². The van der Waals surface area contributed by atoms with E-state index in [9.17, 15) is 4.39 Å². The minimum Gasteiger partial charge on any atom is -0.355 e. The lowest BCUT2D eigenvalue weighted by Gasteiger charge is -2.48. The summed E-state index contributed by atoms with van der Waals surface area (Å²) in [6, 6.07) is 4.94. The van der Waals surface area contributed by atoms with Crippen molar-refractivity contribution >= 4 is 5.82 Å². The summed E-state index contributed by atoms with van der Waals surface area (Å²) >= 11 is 0. The van der Waals surface area contributed by atoms with Crippen LogP contribution in [0.2, 0.25) is 0 Å². The predicted molar refractivity (Wildman–Crippen MR) is 54.8 cm³/mol. The Balaban J connectivity index is 2.06. The average Bonchev–Trinajstić information content (AvgIpc) is 2.13. The molecule has 1 saturated heterocycles. The molecule has 0 unspecified atom stereocenters. The van der Waals surface area contributed by atoms with Crippen molar-refractivity contribution in [3.05, 3.63) is 24.1 Å². The Morgan fingerprint density at radius 3 is 2.79 bits per heavy atom. The fourth-order valence-electron chi connectivity index (χ4n) is 1.83. The summed E-state index contributed by atoms with van der Waals surface area (Å²) in [7, 11) is 0. The molecule has 2 heterocycles. The van der Waals surface area contributed by atoms with Gasteiger partial charge in [0.15, 0.2) is 0 Å². The Morgan fingerprint density at radius 2 is 2.21 bits per heavy atom. The van der Waals surface area contributed by atoms with Gasteiger partial charge in [-0.1, -0.05) is 19.9 Å². The first-order chi connectivity index (χ1) is 6.63. The fourth-order valence-corrected chi connectivity index (χ4v) is 1.83. The maximum absolute atomic E-state index is 12.8. The van der Waals surface area contributed by atoms with E-state index < -0.39 is 5.95 Å². The summed E-state index contributed by atoms with van der Waals surface area (Å²) in [5, 5.41) is 0. The van der Waals surface area contributed by atoms with Crippen LogP contribution in [0.1, 0.15) is 20.3 Å². The van der Waals surface area contributed by atoms with Gasteiger partial charge < -0.3 is 4.90 Å². The van der Waals surface area contributed by atoms with Crippen LogP contribution in [-0.4, -0.2) is 18.1 Å². The number of hydrogen-bond acceptors (Lipinski definition) is 2. The second-order valence-corrected chi connectivity index (χ2v) is 4.34. The zero-order chi connectivity index (χ0) is 10.2. The van der Waals surface area contributed by atoms with Gasteiger partial charge in [0.05, 0.1) is 0 Å². The molecule has 2 nitrogen and oxygen atoms in total. The van der Waals surface area contributed by atoms with Crippen molar-refractivity contribution in [2.45, 2.75) is 20.3 Å². The lowest BCUT2D eigenvalue weighted by atomic mass is 9.79. The molecular formula is C11H15FN2. The van der Waals surface area contributed by atoms with E-state index in [1.807, 2.05) is 6.07 Å². The van der Waals surface area contributed by atoms with E-state index in [2.05, 4.69) is 23.7 Å². The van der Waals surface area contributed by atoms with Crippen LogP contribution in [0.15, 0.2) is 18.2 Å². The molecule has 0 amide bonds. The minimum atomic E-state index is -0.396. The van der Waals surface area contributed by atoms with E-state index in [4.69, 9.17) is 0 Å². The summed E-state index contributed by atoms with van der Waals surface area (Å²) in [5.41, 5.74) is 0.397. The quantitative estimate of drug-likeness (QED) is 0.672. The Hall–Kier alpha value is -1.12. The first-order valence-corrected chi connectivity index (χ1v) is 5.00. The van der Waals surface area contributed by atoms with Crippen molar-refractivity contribution < 1.29 is 4.39 Å². The van der Waals surface area contributed by atoms with E-state index in [1.54, 1.807) is 6.07 Å². The van der Waals surface area contributed by atoms with Gasteiger partial charge in [0, 0.05) is 18.5 Å². The Morgan fingerprint density at radius 1 is 1.50 bits per heavy atom. The molecule has 0 atom stereocenters. The highest BCUT2D eigenvalue weighted by Crippen LogP contribution is 2.35. The number of nitrogens with zero attached hydrogens (tertiary/aromatic N) is 2. The first-order valence-electron chi connectivity index (χ1n) is 5.00. The molecule has 0 N–H and O–H groups in total. The lowest BCUT2D eigenvalue weighted by Crippen LogP contribution is -2.54. The van der Waals surface area contributed by atoms with Crippen molar-refractivity contribution in [3.8, 4) is 0 Å². The largest absolute Gasteiger partial charge is 0.355 e. The highest BCUT2D eigenvalue weighted by Gasteiger charge is 2.37. The summed E-state index contributed by atoms with van der Waals surface area (Å²) in [6.45, 7) is 6.42. The second kappa shape index (κ2) is 3.23. The molecule has 0 spiro atoms. The third-order valence-corrected chi connectivity index (χ3v) is 3.02. The van der Waals surface area contributed by atoms with Gasteiger partial charge in [-0.2, -0.15) is 4.39 Å².